The molecule has 0 amide bonds. The molecule has 0 saturated carbocycles. The van der Waals surface area contributed by atoms with Gasteiger partial charge in [-0.05, 0) is 36.1 Å². The molecule has 0 fully saturated rings. The lowest BCUT2D eigenvalue weighted by Crippen LogP contribution is -2.18. The van der Waals surface area contributed by atoms with Crippen LogP contribution in [0.2, 0.25) is 0 Å². The van der Waals surface area contributed by atoms with Crippen LogP contribution in [0.25, 0.3) is 0 Å². The quantitative estimate of drug-likeness (QED) is 0.860. The molecule has 1 atom stereocenters. The van der Waals surface area contributed by atoms with Gasteiger partial charge in [0.2, 0.25) is 0 Å². The van der Waals surface area contributed by atoms with E-state index in [0.29, 0.717) is 17.9 Å². The smallest absolute Gasteiger partial charge is 0.194 e. The van der Waals surface area contributed by atoms with Gasteiger partial charge in [-0.2, -0.15) is 0 Å². The standard InChI is InChI=1S/C16H14F3NO/c17-12-7-10(8-13(18)14(12)19)15(20)11-5-1-3-9-4-2-6-21-16(9)11/h1,3,5,7-8,15H,2,4,6,20H2. The maximum absolute atomic E-state index is 13.4. The summed E-state index contributed by atoms with van der Waals surface area (Å²) in [5.41, 5.74) is 7.94. The Kier molecular flexibility index (Phi) is 3.59. The second-order valence-corrected chi connectivity index (χ2v) is 5.06. The van der Waals surface area contributed by atoms with Crippen molar-refractivity contribution < 1.29 is 17.9 Å². The summed E-state index contributed by atoms with van der Waals surface area (Å²) in [5, 5.41) is 0. The van der Waals surface area contributed by atoms with Crippen LogP contribution in [0, 0.1) is 17.5 Å². The predicted molar refractivity (Wildman–Crippen MR) is 72.6 cm³/mol. The second kappa shape index (κ2) is 5.41. The minimum absolute atomic E-state index is 0.175. The van der Waals surface area contributed by atoms with Crippen LogP contribution in [-0.4, -0.2) is 6.61 Å². The number of benzene rings is 2. The first kappa shape index (κ1) is 13.9. The van der Waals surface area contributed by atoms with Crippen molar-refractivity contribution in [1.29, 1.82) is 0 Å². The van der Waals surface area contributed by atoms with Gasteiger partial charge in [0.15, 0.2) is 17.5 Å². The van der Waals surface area contributed by atoms with Gasteiger partial charge in [0.25, 0.3) is 0 Å². The number of para-hydroxylation sites is 1. The molecule has 1 aliphatic heterocycles. The van der Waals surface area contributed by atoms with Crippen molar-refractivity contribution in [2.45, 2.75) is 18.9 Å². The minimum Gasteiger partial charge on any atom is -0.493 e. The zero-order valence-electron chi connectivity index (χ0n) is 11.2. The molecule has 2 aromatic rings. The molecule has 3 rings (SSSR count). The van der Waals surface area contributed by atoms with Gasteiger partial charge in [-0.3, -0.25) is 0 Å². The number of hydrogen-bond donors (Lipinski definition) is 1. The molecule has 1 unspecified atom stereocenters. The summed E-state index contributed by atoms with van der Waals surface area (Å²) in [5.74, 6) is -3.31. The highest BCUT2D eigenvalue weighted by atomic mass is 19.2. The molecule has 2 nitrogen and oxygen atoms in total. The lowest BCUT2D eigenvalue weighted by molar-refractivity contribution is 0.284. The van der Waals surface area contributed by atoms with Crippen LogP contribution < -0.4 is 10.5 Å². The largest absolute Gasteiger partial charge is 0.493 e. The van der Waals surface area contributed by atoms with Gasteiger partial charge < -0.3 is 10.5 Å². The van der Waals surface area contributed by atoms with Crippen LogP contribution in [0.15, 0.2) is 30.3 Å². The third-order valence-electron chi connectivity index (χ3n) is 3.66. The molecule has 0 aliphatic carbocycles. The molecule has 0 aromatic heterocycles. The van der Waals surface area contributed by atoms with E-state index in [1.807, 2.05) is 12.1 Å². The van der Waals surface area contributed by atoms with E-state index < -0.39 is 23.5 Å². The summed E-state index contributed by atoms with van der Waals surface area (Å²) in [6, 6.07) is 6.60. The van der Waals surface area contributed by atoms with Gasteiger partial charge in [-0.25, -0.2) is 13.2 Å². The van der Waals surface area contributed by atoms with Crippen LogP contribution in [0.4, 0.5) is 13.2 Å². The summed E-state index contributed by atoms with van der Waals surface area (Å²) < 4.78 is 45.4. The maximum atomic E-state index is 13.4. The summed E-state index contributed by atoms with van der Waals surface area (Å²) in [6.07, 6.45) is 1.80. The molecule has 0 spiro atoms. The average Bonchev–Trinajstić information content (AvgIpc) is 2.51. The van der Waals surface area contributed by atoms with E-state index >= 15 is 0 Å². The molecular weight excluding hydrogens is 279 g/mol. The SMILES string of the molecule is NC(c1cc(F)c(F)c(F)c1)c1cccc2c1OCCC2. The number of aryl methyl sites for hydroxylation is 1. The van der Waals surface area contributed by atoms with Crippen molar-refractivity contribution >= 4 is 0 Å². The Balaban J connectivity index is 2.05. The van der Waals surface area contributed by atoms with E-state index in [9.17, 15) is 13.2 Å². The topological polar surface area (TPSA) is 35.2 Å². The molecule has 0 radical (unpaired) electrons. The highest BCUT2D eigenvalue weighted by Crippen LogP contribution is 2.35. The molecular formula is C16H14F3NO. The summed E-state index contributed by atoms with van der Waals surface area (Å²) >= 11 is 0. The average molecular weight is 293 g/mol. The molecule has 0 saturated heterocycles. The van der Waals surface area contributed by atoms with Gasteiger partial charge in [0, 0.05) is 5.56 Å². The van der Waals surface area contributed by atoms with Crippen molar-refractivity contribution in [1.82, 2.24) is 0 Å². The normalized spacial score (nSPS) is 15.2. The van der Waals surface area contributed by atoms with Crippen molar-refractivity contribution in [2.24, 2.45) is 5.73 Å². The van der Waals surface area contributed by atoms with Crippen molar-refractivity contribution in [2.75, 3.05) is 6.61 Å². The number of hydrogen-bond acceptors (Lipinski definition) is 2. The minimum atomic E-state index is -1.49. The molecule has 2 aromatic carbocycles. The highest BCUT2D eigenvalue weighted by Gasteiger charge is 2.22. The Morgan fingerprint density at radius 1 is 1.10 bits per heavy atom. The molecule has 1 heterocycles. The summed E-state index contributed by atoms with van der Waals surface area (Å²) in [7, 11) is 0. The fourth-order valence-electron chi connectivity index (χ4n) is 2.59. The van der Waals surface area contributed by atoms with E-state index in [1.54, 1.807) is 6.07 Å². The fraction of sp³-hybridized carbons (Fsp3) is 0.250. The van der Waals surface area contributed by atoms with E-state index in [-0.39, 0.29) is 5.56 Å². The zero-order valence-corrected chi connectivity index (χ0v) is 11.2. The van der Waals surface area contributed by atoms with Crippen molar-refractivity contribution in [3.8, 4) is 5.75 Å². The summed E-state index contributed by atoms with van der Waals surface area (Å²) in [6.45, 7) is 0.586. The van der Waals surface area contributed by atoms with Crippen LogP contribution >= 0.6 is 0 Å². The van der Waals surface area contributed by atoms with Gasteiger partial charge in [0.1, 0.15) is 5.75 Å². The summed E-state index contributed by atoms with van der Waals surface area (Å²) in [4.78, 5) is 0. The predicted octanol–water partition coefficient (Wildman–Crippen LogP) is 3.48. The van der Waals surface area contributed by atoms with E-state index in [4.69, 9.17) is 10.5 Å². The first-order chi connectivity index (χ1) is 10.1. The number of ether oxygens (including phenoxy) is 1. The van der Waals surface area contributed by atoms with Gasteiger partial charge in [0.05, 0.1) is 12.6 Å². The van der Waals surface area contributed by atoms with Crippen LogP contribution in [0.5, 0.6) is 5.75 Å². The van der Waals surface area contributed by atoms with E-state index in [0.717, 1.165) is 30.5 Å². The molecule has 5 heteroatoms. The number of rotatable bonds is 2. The van der Waals surface area contributed by atoms with Gasteiger partial charge in [-0.15, -0.1) is 0 Å². The molecule has 1 aliphatic rings. The third kappa shape index (κ3) is 2.49. The third-order valence-corrected chi connectivity index (χ3v) is 3.66. The van der Waals surface area contributed by atoms with Crippen LogP contribution in [-0.2, 0) is 6.42 Å². The first-order valence-electron chi connectivity index (χ1n) is 6.72. The Morgan fingerprint density at radius 3 is 2.52 bits per heavy atom. The molecule has 21 heavy (non-hydrogen) atoms. The van der Waals surface area contributed by atoms with E-state index in [1.165, 1.54) is 0 Å². The lowest BCUT2D eigenvalue weighted by Gasteiger charge is -2.23. The molecule has 110 valence electrons. The Hall–Kier alpha value is -2.01. The molecule has 0 bridgehead atoms. The lowest BCUT2D eigenvalue weighted by atomic mass is 9.94. The van der Waals surface area contributed by atoms with Gasteiger partial charge in [-0.1, -0.05) is 18.2 Å². The van der Waals surface area contributed by atoms with E-state index in [2.05, 4.69) is 0 Å². The Bertz CT molecular complexity index is 664. The number of halogens is 3. The van der Waals surface area contributed by atoms with Crippen LogP contribution in [0.3, 0.4) is 0 Å². The monoisotopic (exact) mass is 293 g/mol. The maximum Gasteiger partial charge on any atom is 0.194 e. The number of nitrogens with two attached hydrogens (primary N) is 1. The second-order valence-electron chi connectivity index (χ2n) is 5.06. The van der Waals surface area contributed by atoms with Crippen molar-refractivity contribution in [3.63, 3.8) is 0 Å². The Labute approximate surface area is 120 Å². The van der Waals surface area contributed by atoms with Crippen LogP contribution in [0.1, 0.15) is 29.2 Å². The number of fused-ring (bicyclic) bond motifs is 1. The Morgan fingerprint density at radius 2 is 1.81 bits per heavy atom. The molecule has 2 N–H and O–H groups in total. The van der Waals surface area contributed by atoms with Crippen molar-refractivity contribution in [3.05, 3.63) is 64.5 Å². The first-order valence-corrected chi connectivity index (χ1v) is 6.72. The zero-order chi connectivity index (χ0) is 15.0. The van der Waals surface area contributed by atoms with Gasteiger partial charge >= 0.3 is 0 Å². The highest BCUT2D eigenvalue weighted by molar-refractivity contribution is 5.47. The fourth-order valence-corrected chi connectivity index (χ4v) is 2.59.